The van der Waals surface area contributed by atoms with Crippen LogP contribution < -0.4 is 10.6 Å². The highest BCUT2D eigenvalue weighted by atomic mass is 35.5. The first-order valence-electron chi connectivity index (χ1n) is 13.8. The lowest BCUT2D eigenvalue weighted by molar-refractivity contribution is -0.127. The van der Waals surface area contributed by atoms with E-state index in [0.29, 0.717) is 30.0 Å². The molecule has 1 saturated heterocycles. The predicted octanol–water partition coefficient (Wildman–Crippen LogP) is 3.99. The lowest BCUT2D eigenvalue weighted by Gasteiger charge is -2.32. The Bertz CT molecular complexity index is 1150. The van der Waals surface area contributed by atoms with Gasteiger partial charge in [-0.1, -0.05) is 50.6 Å². The molecule has 222 valence electrons. The molecule has 1 aliphatic heterocycles. The number of benzene rings is 1. The molecule has 2 aromatic rings. The van der Waals surface area contributed by atoms with Crippen LogP contribution in [0, 0.1) is 11.8 Å². The standard InChI is InChI=1S/C28H39N5O5S.ClH.H2/c1-18(2)15-23(24(34)27-31-32-28(38-27)39-3)30-26(36)21-9-4-5-10-22(21)29-25(35)20-8-6-7-19(16-20)17-33-11-13-37-14-12-33;;/h6-8,16,18,21-23H,4-5,9-15,17H2,1-3H3,(H,29,35)(H,30,36);2*1H/t21-,22+,23+;;/m1../s1. The van der Waals surface area contributed by atoms with Crippen LogP contribution in [-0.2, 0) is 16.1 Å². The zero-order valence-electron chi connectivity index (χ0n) is 23.4. The molecule has 1 aromatic heterocycles. The summed E-state index contributed by atoms with van der Waals surface area (Å²) in [5.41, 5.74) is 1.66. The largest absolute Gasteiger partial charge is 0.408 e. The van der Waals surface area contributed by atoms with E-state index in [4.69, 9.17) is 9.15 Å². The fourth-order valence-corrected chi connectivity index (χ4v) is 5.50. The van der Waals surface area contributed by atoms with Gasteiger partial charge in [-0.05, 0) is 49.1 Å². The molecule has 2 heterocycles. The SMILES string of the molecule is CSc1nnc(C(=O)[C@H](CC(C)C)NC(=O)[C@@H]2CCCC[C@@H]2NC(=O)c2cccc(CN3CCOCC3)c2)o1.Cl.[HH]. The molecule has 10 nitrogen and oxygen atoms in total. The van der Waals surface area contributed by atoms with Crippen LogP contribution in [-0.4, -0.2) is 77.3 Å². The third-order valence-electron chi connectivity index (χ3n) is 7.25. The number of carbonyl (C=O) groups is 3. The van der Waals surface area contributed by atoms with Crippen LogP contribution in [0.2, 0.25) is 0 Å². The number of ketones is 1. The highest BCUT2D eigenvalue weighted by Gasteiger charge is 2.35. The Morgan fingerprint density at radius 3 is 2.60 bits per heavy atom. The molecule has 0 unspecified atom stereocenters. The minimum Gasteiger partial charge on any atom is -0.408 e. The van der Waals surface area contributed by atoms with Gasteiger partial charge in [0.15, 0.2) is 0 Å². The highest BCUT2D eigenvalue weighted by molar-refractivity contribution is 7.98. The van der Waals surface area contributed by atoms with Gasteiger partial charge in [0.05, 0.1) is 25.2 Å². The summed E-state index contributed by atoms with van der Waals surface area (Å²) in [6, 6.07) is 6.57. The van der Waals surface area contributed by atoms with E-state index < -0.39 is 17.7 Å². The molecule has 40 heavy (non-hydrogen) atoms. The number of ether oxygens (including phenoxy) is 1. The second-order valence-corrected chi connectivity index (χ2v) is 11.4. The van der Waals surface area contributed by atoms with E-state index >= 15 is 0 Å². The molecule has 2 N–H and O–H groups in total. The summed E-state index contributed by atoms with van der Waals surface area (Å²) >= 11 is 1.26. The first-order valence-corrected chi connectivity index (χ1v) is 15.0. The number of amides is 2. The summed E-state index contributed by atoms with van der Waals surface area (Å²) in [6.45, 7) is 7.95. The number of nitrogens with one attached hydrogen (secondary N) is 2. The van der Waals surface area contributed by atoms with E-state index in [2.05, 4.69) is 25.7 Å². The number of thioether (sulfide) groups is 1. The first kappa shape index (κ1) is 32.0. The molecule has 2 aliphatic rings. The fraction of sp³-hybridized carbons (Fsp3) is 0.607. The van der Waals surface area contributed by atoms with Crippen molar-refractivity contribution in [3.05, 3.63) is 41.3 Å². The van der Waals surface area contributed by atoms with E-state index in [1.54, 1.807) is 12.3 Å². The summed E-state index contributed by atoms with van der Waals surface area (Å²) in [5.74, 6) is -1.17. The second-order valence-electron chi connectivity index (χ2n) is 10.7. The molecule has 0 spiro atoms. The Morgan fingerprint density at radius 1 is 1.15 bits per heavy atom. The minimum atomic E-state index is -0.775. The molecule has 1 saturated carbocycles. The quantitative estimate of drug-likeness (QED) is 0.293. The molecular formula is C28H42ClN5O5S. The van der Waals surface area contributed by atoms with E-state index in [9.17, 15) is 14.4 Å². The van der Waals surface area contributed by atoms with Gasteiger partial charge in [-0.2, -0.15) is 0 Å². The molecular weight excluding hydrogens is 554 g/mol. The molecule has 0 radical (unpaired) electrons. The van der Waals surface area contributed by atoms with Crippen LogP contribution >= 0.6 is 24.2 Å². The summed E-state index contributed by atoms with van der Waals surface area (Å²) in [7, 11) is 0. The maximum Gasteiger partial charge on any atom is 0.286 e. The van der Waals surface area contributed by atoms with E-state index in [0.717, 1.165) is 51.3 Å². The van der Waals surface area contributed by atoms with Crippen LogP contribution in [0.1, 0.15) is 74.0 Å². The van der Waals surface area contributed by atoms with Crippen molar-refractivity contribution in [3.63, 3.8) is 0 Å². The molecule has 2 fully saturated rings. The van der Waals surface area contributed by atoms with Crippen molar-refractivity contribution in [2.75, 3.05) is 32.6 Å². The number of morpholine rings is 1. The topological polar surface area (TPSA) is 127 Å². The van der Waals surface area contributed by atoms with Gasteiger partial charge < -0.3 is 19.8 Å². The molecule has 4 rings (SSSR count). The summed E-state index contributed by atoms with van der Waals surface area (Å²) < 4.78 is 10.9. The Morgan fingerprint density at radius 2 is 1.90 bits per heavy atom. The van der Waals surface area contributed by atoms with Gasteiger partial charge in [0.2, 0.25) is 11.7 Å². The zero-order chi connectivity index (χ0) is 27.8. The maximum absolute atomic E-state index is 13.5. The number of carbonyl (C=O) groups excluding carboxylic acids is 3. The Balaban J connectivity index is 0.00000294. The van der Waals surface area contributed by atoms with Gasteiger partial charge in [0, 0.05) is 32.7 Å². The second kappa shape index (κ2) is 15.5. The Labute approximate surface area is 247 Å². The lowest BCUT2D eigenvalue weighted by Crippen LogP contribution is -2.52. The maximum atomic E-state index is 13.5. The van der Waals surface area contributed by atoms with Crippen LogP contribution in [0.5, 0.6) is 0 Å². The average molecular weight is 596 g/mol. The summed E-state index contributed by atoms with van der Waals surface area (Å²) in [6.07, 6.45) is 5.41. The molecule has 12 heteroatoms. The Hall–Kier alpha value is -2.47. The molecule has 3 atom stereocenters. The van der Waals surface area contributed by atoms with Crippen molar-refractivity contribution in [2.45, 2.75) is 69.8 Å². The summed E-state index contributed by atoms with van der Waals surface area (Å²) in [5, 5.41) is 14.1. The molecule has 1 aromatic carbocycles. The molecule has 2 amide bonds. The van der Waals surface area contributed by atoms with Crippen molar-refractivity contribution in [2.24, 2.45) is 11.8 Å². The number of aromatic nitrogens is 2. The highest BCUT2D eigenvalue weighted by Crippen LogP contribution is 2.26. The van der Waals surface area contributed by atoms with Gasteiger partial charge in [-0.25, -0.2) is 0 Å². The summed E-state index contributed by atoms with van der Waals surface area (Å²) in [4.78, 5) is 42.2. The van der Waals surface area contributed by atoms with Gasteiger partial charge >= 0.3 is 0 Å². The molecule has 1 aliphatic carbocycles. The number of Topliss-reactive ketones (excluding diaryl/α,β-unsaturated/α-hetero) is 1. The number of rotatable bonds is 11. The van der Waals surface area contributed by atoms with Gasteiger partial charge in [0.1, 0.15) is 0 Å². The average Bonchev–Trinajstić information content (AvgIpc) is 3.42. The Kier molecular flexibility index (Phi) is 12.4. The number of nitrogens with zero attached hydrogens (tertiary/aromatic N) is 3. The van der Waals surface area contributed by atoms with Gasteiger partial charge in [-0.15, -0.1) is 22.6 Å². The van der Waals surface area contributed by atoms with E-state index in [1.807, 2.05) is 32.0 Å². The van der Waals surface area contributed by atoms with E-state index in [-0.39, 0.29) is 43.5 Å². The normalized spacial score (nSPS) is 20.4. The molecule has 0 bridgehead atoms. The van der Waals surface area contributed by atoms with Gasteiger partial charge in [0.25, 0.3) is 17.0 Å². The lowest BCUT2D eigenvalue weighted by atomic mass is 9.83. The van der Waals surface area contributed by atoms with E-state index in [1.165, 1.54) is 11.8 Å². The predicted molar refractivity (Wildman–Crippen MR) is 157 cm³/mol. The van der Waals surface area contributed by atoms with Crippen LogP contribution in [0.25, 0.3) is 0 Å². The van der Waals surface area contributed by atoms with Crippen LogP contribution in [0.4, 0.5) is 0 Å². The van der Waals surface area contributed by atoms with Crippen LogP contribution in [0.15, 0.2) is 33.9 Å². The smallest absolute Gasteiger partial charge is 0.286 e. The van der Waals surface area contributed by atoms with Crippen molar-refractivity contribution in [3.8, 4) is 0 Å². The zero-order valence-corrected chi connectivity index (χ0v) is 25.0. The van der Waals surface area contributed by atoms with Crippen molar-refractivity contribution in [1.82, 2.24) is 25.7 Å². The van der Waals surface area contributed by atoms with Crippen molar-refractivity contribution >= 4 is 41.8 Å². The first-order chi connectivity index (χ1) is 18.8. The fourth-order valence-electron chi connectivity index (χ4n) is 5.22. The number of hydrogen-bond donors (Lipinski definition) is 2. The third-order valence-corrected chi connectivity index (χ3v) is 7.76. The van der Waals surface area contributed by atoms with Crippen LogP contribution in [0.3, 0.4) is 0 Å². The third kappa shape index (κ3) is 8.76. The number of hydrogen-bond acceptors (Lipinski definition) is 9. The monoisotopic (exact) mass is 595 g/mol. The van der Waals surface area contributed by atoms with Crippen molar-refractivity contribution in [1.29, 1.82) is 0 Å². The van der Waals surface area contributed by atoms with Crippen molar-refractivity contribution < 1.29 is 25.0 Å². The number of halogens is 1. The minimum absolute atomic E-state index is 0. The van der Waals surface area contributed by atoms with Gasteiger partial charge in [-0.3, -0.25) is 19.3 Å².